The molecule has 0 unspecified atom stereocenters. The van der Waals surface area contributed by atoms with Crippen molar-refractivity contribution in [2.45, 2.75) is 44.6 Å². The van der Waals surface area contributed by atoms with Crippen LogP contribution in [0.3, 0.4) is 0 Å². The average molecular weight is 399 g/mol. The average Bonchev–Trinajstić information content (AvgIpc) is 3.33. The van der Waals surface area contributed by atoms with E-state index < -0.39 is 29.9 Å². The SMILES string of the molecule is COc1ccc(C)cc1N1C[C@@H](C(=O)OCC(=O)NC2(C#N)CCCC2)CC1=O. The first kappa shape index (κ1) is 20.6. The van der Waals surface area contributed by atoms with Crippen LogP contribution in [0.1, 0.15) is 37.7 Å². The molecule has 1 N–H and O–H groups in total. The number of methoxy groups -OCH3 is 1. The van der Waals surface area contributed by atoms with Crippen molar-refractivity contribution in [1.29, 1.82) is 5.26 Å². The molecule has 0 spiro atoms. The third-order valence-electron chi connectivity index (χ3n) is 5.48. The van der Waals surface area contributed by atoms with Gasteiger partial charge < -0.3 is 19.7 Å². The van der Waals surface area contributed by atoms with Crippen LogP contribution < -0.4 is 15.0 Å². The van der Waals surface area contributed by atoms with Gasteiger partial charge in [-0.1, -0.05) is 6.07 Å². The van der Waals surface area contributed by atoms with Crippen LogP contribution in [-0.2, 0) is 19.1 Å². The van der Waals surface area contributed by atoms with Gasteiger partial charge in [-0.15, -0.1) is 0 Å². The number of amides is 2. The van der Waals surface area contributed by atoms with E-state index in [9.17, 15) is 19.6 Å². The molecular weight excluding hydrogens is 374 g/mol. The molecule has 0 aromatic heterocycles. The molecule has 0 bridgehead atoms. The Kier molecular flexibility index (Phi) is 6.06. The Morgan fingerprint density at radius 2 is 2.07 bits per heavy atom. The van der Waals surface area contributed by atoms with Gasteiger partial charge in [0.05, 0.1) is 24.8 Å². The van der Waals surface area contributed by atoms with E-state index in [0.717, 1.165) is 18.4 Å². The molecule has 154 valence electrons. The molecule has 1 saturated heterocycles. The number of hydrogen-bond donors (Lipinski definition) is 1. The predicted octanol–water partition coefficient (Wildman–Crippen LogP) is 1.85. The summed E-state index contributed by atoms with van der Waals surface area (Å²) in [5.41, 5.74) is 0.725. The number of nitrogens with zero attached hydrogens (tertiary/aromatic N) is 2. The predicted molar refractivity (Wildman–Crippen MR) is 104 cm³/mol. The van der Waals surface area contributed by atoms with Crippen LogP contribution in [0.5, 0.6) is 5.75 Å². The zero-order valence-corrected chi connectivity index (χ0v) is 16.7. The largest absolute Gasteiger partial charge is 0.495 e. The van der Waals surface area contributed by atoms with Crippen LogP contribution >= 0.6 is 0 Å². The summed E-state index contributed by atoms with van der Waals surface area (Å²) >= 11 is 0. The topological polar surface area (TPSA) is 109 Å². The van der Waals surface area contributed by atoms with Gasteiger partial charge >= 0.3 is 5.97 Å². The Hall–Kier alpha value is -3.08. The third kappa shape index (κ3) is 4.50. The van der Waals surface area contributed by atoms with Gasteiger partial charge in [0, 0.05) is 13.0 Å². The lowest BCUT2D eigenvalue weighted by Crippen LogP contribution is -2.47. The van der Waals surface area contributed by atoms with Crippen LogP contribution in [0.15, 0.2) is 18.2 Å². The lowest BCUT2D eigenvalue weighted by Gasteiger charge is -2.22. The Balaban J connectivity index is 1.57. The molecule has 1 aliphatic heterocycles. The zero-order valence-electron chi connectivity index (χ0n) is 16.7. The number of carbonyl (C=O) groups is 3. The van der Waals surface area contributed by atoms with Gasteiger partial charge in [0.1, 0.15) is 11.3 Å². The van der Waals surface area contributed by atoms with Gasteiger partial charge in [-0.05, 0) is 50.3 Å². The number of hydrogen-bond acceptors (Lipinski definition) is 6. The van der Waals surface area contributed by atoms with Crippen LogP contribution in [0, 0.1) is 24.2 Å². The first-order valence-corrected chi connectivity index (χ1v) is 9.71. The number of rotatable bonds is 6. The maximum atomic E-state index is 12.5. The Labute approximate surface area is 169 Å². The summed E-state index contributed by atoms with van der Waals surface area (Å²) in [5.74, 6) is -1.40. The highest BCUT2D eigenvalue weighted by molar-refractivity contribution is 6.00. The quantitative estimate of drug-likeness (QED) is 0.732. The van der Waals surface area contributed by atoms with Crippen molar-refractivity contribution >= 4 is 23.5 Å². The molecule has 0 radical (unpaired) electrons. The van der Waals surface area contributed by atoms with Crippen molar-refractivity contribution in [2.75, 3.05) is 25.2 Å². The van der Waals surface area contributed by atoms with E-state index in [1.807, 2.05) is 19.1 Å². The summed E-state index contributed by atoms with van der Waals surface area (Å²) in [6.07, 6.45) is 2.99. The van der Waals surface area contributed by atoms with Gasteiger partial charge in [0.25, 0.3) is 5.91 Å². The highest BCUT2D eigenvalue weighted by Gasteiger charge is 2.38. The Bertz CT molecular complexity index is 854. The fourth-order valence-electron chi connectivity index (χ4n) is 3.91. The zero-order chi connectivity index (χ0) is 21.0. The summed E-state index contributed by atoms with van der Waals surface area (Å²) in [7, 11) is 1.53. The van der Waals surface area contributed by atoms with E-state index in [-0.39, 0.29) is 18.9 Å². The van der Waals surface area contributed by atoms with Crippen LogP contribution in [0.4, 0.5) is 5.69 Å². The van der Waals surface area contributed by atoms with Gasteiger partial charge in [0.2, 0.25) is 5.91 Å². The molecule has 2 aliphatic rings. The maximum Gasteiger partial charge on any atom is 0.311 e. The van der Waals surface area contributed by atoms with Crippen LogP contribution in [0.25, 0.3) is 0 Å². The number of nitrogens with one attached hydrogen (secondary N) is 1. The molecule has 2 amide bonds. The minimum absolute atomic E-state index is 0.0136. The normalized spacial score (nSPS) is 20.2. The third-order valence-corrected chi connectivity index (χ3v) is 5.48. The van der Waals surface area contributed by atoms with Gasteiger partial charge in [-0.25, -0.2) is 0 Å². The van der Waals surface area contributed by atoms with Crippen LogP contribution in [0.2, 0.25) is 0 Å². The molecule has 1 atom stereocenters. The number of nitriles is 1. The fourth-order valence-corrected chi connectivity index (χ4v) is 3.91. The minimum Gasteiger partial charge on any atom is -0.495 e. The van der Waals surface area contributed by atoms with Crippen molar-refractivity contribution in [1.82, 2.24) is 5.32 Å². The molecule has 2 fully saturated rings. The van der Waals surface area contributed by atoms with Crippen molar-refractivity contribution in [2.24, 2.45) is 5.92 Å². The van der Waals surface area contributed by atoms with Gasteiger partial charge in [0.15, 0.2) is 6.61 Å². The molecule has 1 aromatic carbocycles. The summed E-state index contributed by atoms with van der Waals surface area (Å²) in [6.45, 7) is 1.62. The molecule has 1 aromatic rings. The summed E-state index contributed by atoms with van der Waals surface area (Å²) in [6, 6.07) is 7.66. The lowest BCUT2D eigenvalue weighted by atomic mass is 10.00. The molecule has 29 heavy (non-hydrogen) atoms. The van der Waals surface area contributed by atoms with Gasteiger partial charge in [-0.2, -0.15) is 5.26 Å². The van der Waals surface area contributed by atoms with E-state index in [1.54, 1.807) is 6.07 Å². The molecule has 3 rings (SSSR count). The summed E-state index contributed by atoms with van der Waals surface area (Å²) in [4.78, 5) is 38.5. The Morgan fingerprint density at radius 1 is 1.34 bits per heavy atom. The second kappa shape index (κ2) is 8.52. The van der Waals surface area contributed by atoms with E-state index in [0.29, 0.717) is 24.3 Å². The van der Waals surface area contributed by atoms with Gasteiger partial charge in [-0.3, -0.25) is 14.4 Å². The number of esters is 1. The fraction of sp³-hybridized carbons (Fsp3) is 0.524. The Morgan fingerprint density at radius 3 is 2.72 bits per heavy atom. The van der Waals surface area contributed by atoms with Crippen molar-refractivity contribution in [3.05, 3.63) is 23.8 Å². The number of anilines is 1. The van der Waals surface area contributed by atoms with E-state index >= 15 is 0 Å². The standard InChI is InChI=1S/C21H25N3O5/c1-14-5-6-17(28-2)16(9-14)24-11-15(10-19(24)26)20(27)29-12-18(25)23-21(13-22)7-3-4-8-21/h5-6,9,15H,3-4,7-8,10-12H2,1-2H3,(H,23,25)/t15-/m0/s1. The van der Waals surface area contributed by atoms with E-state index in [1.165, 1.54) is 12.0 Å². The van der Waals surface area contributed by atoms with Crippen LogP contribution in [-0.4, -0.2) is 43.6 Å². The molecule has 1 saturated carbocycles. The smallest absolute Gasteiger partial charge is 0.311 e. The van der Waals surface area contributed by atoms with Crippen molar-refractivity contribution < 1.29 is 23.9 Å². The minimum atomic E-state index is -0.856. The van der Waals surface area contributed by atoms with Crippen molar-refractivity contribution in [3.8, 4) is 11.8 Å². The second-order valence-electron chi connectivity index (χ2n) is 7.64. The van der Waals surface area contributed by atoms with Crippen molar-refractivity contribution in [3.63, 3.8) is 0 Å². The molecular formula is C21H25N3O5. The number of ether oxygens (including phenoxy) is 2. The highest BCUT2D eigenvalue weighted by atomic mass is 16.5. The molecule has 1 heterocycles. The number of benzene rings is 1. The summed E-state index contributed by atoms with van der Waals surface area (Å²) < 4.78 is 10.5. The summed E-state index contributed by atoms with van der Waals surface area (Å²) in [5, 5.41) is 12.0. The first-order valence-electron chi connectivity index (χ1n) is 9.71. The lowest BCUT2D eigenvalue weighted by molar-refractivity contribution is -0.152. The number of aryl methyl sites for hydroxylation is 1. The molecule has 1 aliphatic carbocycles. The second-order valence-corrected chi connectivity index (χ2v) is 7.64. The highest BCUT2D eigenvalue weighted by Crippen LogP contribution is 2.34. The molecule has 8 heteroatoms. The van der Waals surface area contributed by atoms with E-state index in [4.69, 9.17) is 9.47 Å². The van der Waals surface area contributed by atoms with E-state index in [2.05, 4.69) is 11.4 Å². The monoisotopic (exact) mass is 399 g/mol. The number of carbonyl (C=O) groups excluding carboxylic acids is 3. The maximum absolute atomic E-state index is 12.5. The molecule has 8 nitrogen and oxygen atoms in total. The first-order chi connectivity index (χ1) is 13.9.